The van der Waals surface area contributed by atoms with Gasteiger partial charge in [0.15, 0.2) is 0 Å². The zero-order chi connectivity index (χ0) is 27.7. The van der Waals surface area contributed by atoms with Gasteiger partial charge in [-0.25, -0.2) is 5.43 Å². The molecular formula is C32H38N4O3. The maximum absolute atomic E-state index is 12.8. The number of allylic oxidation sites excluding steroid dienone is 3. The second-order valence-electron chi connectivity index (χ2n) is 11.7. The fraction of sp³-hybridized carbons (Fsp3) is 0.406. The SMILES string of the molecule is Cc1cc(C2=CC(C)CC=C3C(=NCC(C)(C)O)CC(c4ccccc4C=O)NN32)ccc1C(=O)NC1CC1. The highest BCUT2D eigenvalue weighted by molar-refractivity contribution is 6.03. The first-order valence-corrected chi connectivity index (χ1v) is 13.8. The van der Waals surface area contributed by atoms with E-state index >= 15 is 0 Å². The number of nitrogens with one attached hydrogen (secondary N) is 2. The largest absolute Gasteiger partial charge is 0.389 e. The summed E-state index contributed by atoms with van der Waals surface area (Å²) in [4.78, 5) is 29.6. The Bertz CT molecular complexity index is 1360. The summed E-state index contributed by atoms with van der Waals surface area (Å²) in [6.07, 6.45) is 8.88. The number of rotatable bonds is 7. The topological polar surface area (TPSA) is 94.0 Å². The average Bonchev–Trinajstić information content (AvgIpc) is 3.74. The van der Waals surface area contributed by atoms with Crippen molar-refractivity contribution in [1.29, 1.82) is 0 Å². The Hall–Kier alpha value is -3.55. The molecule has 1 saturated carbocycles. The van der Waals surface area contributed by atoms with E-state index in [-0.39, 0.29) is 24.4 Å². The van der Waals surface area contributed by atoms with E-state index < -0.39 is 5.60 Å². The molecule has 2 fully saturated rings. The third kappa shape index (κ3) is 6.21. The van der Waals surface area contributed by atoms with Crippen molar-refractivity contribution < 1.29 is 14.7 Å². The van der Waals surface area contributed by atoms with Gasteiger partial charge in [0.2, 0.25) is 0 Å². The summed E-state index contributed by atoms with van der Waals surface area (Å²) in [5.74, 6) is 0.252. The van der Waals surface area contributed by atoms with Gasteiger partial charge in [0.25, 0.3) is 5.91 Å². The van der Waals surface area contributed by atoms with Crippen LogP contribution < -0.4 is 10.7 Å². The number of benzene rings is 2. The quantitative estimate of drug-likeness (QED) is 0.435. The summed E-state index contributed by atoms with van der Waals surface area (Å²) in [6.45, 7) is 7.95. The number of carbonyl (C=O) groups excluding carboxylic acids is 2. The second kappa shape index (κ2) is 10.9. The van der Waals surface area contributed by atoms with Crippen molar-refractivity contribution in [2.75, 3.05) is 6.54 Å². The van der Waals surface area contributed by atoms with E-state index in [0.717, 1.165) is 59.3 Å². The molecule has 2 heterocycles. The highest BCUT2D eigenvalue weighted by Crippen LogP contribution is 2.37. The standard InChI is InChI=1S/C32H38N4O3/c1-20-9-14-29-28(33-19-32(3,4)39)17-27(26-8-6-5-7-23(26)18-37)35-36(29)30(15-20)22-10-13-25(21(2)16-22)31(38)34-24-11-12-24/h5-8,10,13-16,18,20,24,27,35,39H,9,11-12,17,19H2,1-4H3,(H,34,38). The number of hydrazine groups is 1. The number of hydrogen-bond acceptors (Lipinski definition) is 6. The third-order valence-electron chi connectivity index (χ3n) is 7.42. The Morgan fingerprint density at radius 1 is 1.21 bits per heavy atom. The van der Waals surface area contributed by atoms with Crippen LogP contribution in [0.25, 0.3) is 5.70 Å². The Morgan fingerprint density at radius 2 is 1.97 bits per heavy atom. The maximum Gasteiger partial charge on any atom is 0.251 e. The van der Waals surface area contributed by atoms with E-state index in [4.69, 9.17) is 4.99 Å². The van der Waals surface area contributed by atoms with Crippen molar-refractivity contribution in [1.82, 2.24) is 15.8 Å². The van der Waals surface area contributed by atoms with Crippen LogP contribution in [0.3, 0.4) is 0 Å². The second-order valence-corrected chi connectivity index (χ2v) is 11.7. The van der Waals surface area contributed by atoms with Crippen LogP contribution in [0.1, 0.15) is 89.9 Å². The zero-order valence-corrected chi connectivity index (χ0v) is 23.2. The Labute approximate surface area is 230 Å². The molecule has 0 radical (unpaired) electrons. The van der Waals surface area contributed by atoms with Crippen molar-refractivity contribution in [3.05, 3.63) is 88.1 Å². The molecule has 2 aromatic rings. The number of hydrogen-bond donors (Lipinski definition) is 3. The first kappa shape index (κ1) is 27.0. The van der Waals surface area contributed by atoms with Crippen molar-refractivity contribution in [3.63, 3.8) is 0 Å². The number of aryl methyl sites for hydroxylation is 1. The maximum atomic E-state index is 12.8. The molecule has 2 atom stereocenters. The Morgan fingerprint density at radius 3 is 2.67 bits per heavy atom. The van der Waals surface area contributed by atoms with Gasteiger partial charge in [-0.3, -0.25) is 19.6 Å². The highest BCUT2D eigenvalue weighted by atomic mass is 16.3. The fourth-order valence-corrected chi connectivity index (χ4v) is 5.16. The van der Waals surface area contributed by atoms with E-state index in [9.17, 15) is 14.7 Å². The van der Waals surface area contributed by atoms with Crippen LogP contribution in [-0.4, -0.2) is 46.2 Å². The predicted octanol–water partition coefficient (Wildman–Crippen LogP) is 5.13. The number of carbonyl (C=O) groups is 2. The van der Waals surface area contributed by atoms with E-state index in [0.29, 0.717) is 23.6 Å². The van der Waals surface area contributed by atoms with Crippen molar-refractivity contribution in [2.45, 2.75) is 71.1 Å². The summed E-state index contributed by atoms with van der Waals surface area (Å²) >= 11 is 0. The van der Waals surface area contributed by atoms with Crippen LogP contribution in [0.5, 0.6) is 0 Å². The van der Waals surface area contributed by atoms with Crippen LogP contribution in [0.15, 0.2) is 65.3 Å². The lowest BCUT2D eigenvalue weighted by Gasteiger charge is -2.40. The minimum absolute atomic E-state index is 0.0204. The molecule has 1 aliphatic carbocycles. The van der Waals surface area contributed by atoms with E-state index in [1.165, 1.54) is 0 Å². The molecule has 2 aliphatic heterocycles. The van der Waals surface area contributed by atoms with E-state index in [1.807, 2.05) is 43.3 Å². The first-order chi connectivity index (χ1) is 18.6. The molecule has 3 N–H and O–H groups in total. The van der Waals surface area contributed by atoms with Crippen molar-refractivity contribution in [2.24, 2.45) is 10.9 Å². The normalized spacial score (nSPS) is 22.5. The average molecular weight is 527 g/mol. The van der Waals surface area contributed by atoms with Crippen molar-refractivity contribution in [3.8, 4) is 0 Å². The minimum atomic E-state index is -0.940. The summed E-state index contributed by atoms with van der Waals surface area (Å²) in [7, 11) is 0. The smallest absolute Gasteiger partial charge is 0.251 e. The van der Waals surface area contributed by atoms with Gasteiger partial charge in [0, 0.05) is 23.6 Å². The monoisotopic (exact) mass is 526 g/mol. The number of aliphatic hydroxyl groups is 1. The lowest BCUT2D eigenvalue weighted by atomic mass is 9.93. The van der Waals surface area contributed by atoms with Gasteiger partial charge in [0.05, 0.1) is 35.3 Å². The van der Waals surface area contributed by atoms with E-state index in [1.54, 1.807) is 13.8 Å². The van der Waals surface area contributed by atoms with Gasteiger partial charge >= 0.3 is 0 Å². The molecule has 7 heteroatoms. The summed E-state index contributed by atoms with van der Waals surface area (Å²) in [5, 5.41) is 15.6. The van der Waals surface area contributed by atoms with Crippen LogP contribution in [0.2, 0.25) is 0 Å². The molecule has 39 heavy (non-hydrogen) atoms. The minimum Gasteiger partial charge on any atom is -0.389 e. The molecule has 0 bridgehead atoms. The van der Waals surface area contributed by atoms with Crippen molar-refractivity contribution >= 4 is 23.6 Å². The van der Waals surface area contributed by atoms with E-state index in [2.05, 4.69) is 40.9 Å². The molecule has 0 aromatic heterocycles. The highest BCUT2D eigenvalue weighted by Gasteiger charge is 2.34. The van der Waals surface area contributed by atoms with Crippen LogP contribution >= 0.6 is 0 Å². The lowest BCUT2D eigenvalue weighted by Crippen LogP contribution is -2.46. The Kier molecular flexibility index (Phi) is 7.56. The van der Waals surface area contributed by atoms with Gasteiger partial charge < -0.3 is 10.4 Å². The van der Waals surface area contributed by atoms with Gasteiger partial charge in [-0.05, 0) is 74.8 Å². The molecule has 2 unspecified atom stereocenters. The first-order valence-electron chi connectivity index (χ1n) is 13.8. The summed E-state index contributed by atoms with van der Waals surface area (Å²) < 4.78 is 0. The van der Waals surface area contributed by atoms with Crippen LogP contribution in [-0.2, 0) is 0 Å². The van der Waals surface area contributed by atoms with Gasteiger partial charge in [-0.1, -0.05) is 49.4 Å². The predicted molar refractivity (Wildman–Crippen MR) is 154 cm³/mol. The lowest BCUT2D eigenvalue weighted by molar-refractivity contribution is 0.0901. The zero-order valence-electron chi connectivity index (χ0n) is 23.2. The molecule has 3 aliphatic rings. The molecule has 0 spiro atoms. The molecule has 204 valence electrons. The summed E-state index contributed by atoms with van der Waals surface area (Å²) in [5.41, 5.74) is 9.73. The number of nitrogens with zero attached hydrogens (tertiary/aromatic N) is 2. The number of aldehydes is 1. The van der Waals surface area contributed by atoms with Gasteiger partial charge in [-0.2, -0.15) is 0 Å². The number of fused-ring (bicyclic) bond motifs is 1. The molecule has 5 rings (SSSR count). The Balaban J connectivity index is 1.56. The molecule has 1 amide bonds. The molecule has 2 aromatic carbocycles. The van der Waals surface area contributed by atoms with Gasteiger partial charge in [0.1, 0.15) is 6.29 Å². The number of amides is 1. The van der Waals surface area contributed by atoms with Gasteiger partial charge in [-0.15, -0.1) is 0 Å². The number of aliphatic imine (C=N–C) groups is 1. The summed E-state index contributed by atoms with van der Waals surface area (Å²) in [6, 6.07) is 13.7. The molecule has 7 nitrogen and oxygen atoms in total. The van der Waals surface area contributed by atoms with Crippen LogP contribution in [0, 0.1) is 12.8 Å². The third-order valence-corrected chi connectivity index (χ3v) is 7.42. The molecule has 1 saturated heterocycles. The fourth-order valence-electron chi connectivity index (χ4n) is 5.16. The molecular weight excluding hydrogens is 488 g/mol. The van der Waals surface area contributed by atoms with Crippen LogP contribution in [0.4, 0.5) is 0 Å².